The summed E-state index contributed by atoms with van der Waals surface area (Å²) in [6, 6.07) is 12.5. The van der Waals surface area contributed by atoms with Crippen LogP contribution in [0.25, 0.3) is 33.3 Å². The molecule has 0 aliphatic carbocycles. The molecule has 3 N–H and O–H groups in total. The number of methoxy groups -OCH3 is 1. The molecule has 338 valence electrons. The Morgan fingerprint density at radius 3 is 2.60 bits per heavy atom. The van der Waals surface area contributed by atoms with Gasteiger partial charge in [0.05, 0.1) is 37.3 Å². The molecule has 5 heterocycles. The lowest BCUT2D eigenvalue weighted by atomic mass is 9.84. The van der Waals surface area contributed by atoms with E-state index in [-0.39, 0.29) is 44.0 Å². The lowest BCUT2D eigenvalue weighted by Crippen LogP contribution is -2.62. The lowest BCUT2D eigenvalue weighted by Gasteiger charge is -2.36. The summed E-state index contributed by atoms with van der Waals surface area (Å²) in [6.07, 6.45) is 2.50. The van der Waals surface area contributed by atoms with E-state index in [1.807, 2.05) is 39.0 Å². The van der Waals surface area contributed by atoms with Crippen molar-refractivity contribution in [2.45, 2.75) is 111 Å². The molecule has 3 aliphatic rings. The Morgan fingerprint density at radius 2 is 1.89 bits per heavy atom. The monoisotopic (exact) mass is 866 g/mol. The number of amides is 3. The number of carbonyl (C=O) groups excluding carboxylic acids is 4. The fraction of sp³-hybridized carbons (Fsp3) is 0.521. The molecule has 2 fully saturated rings. The Kier molecular flexibility index (Phi) is 13.8. The molecule has 2 aromatic heterocycles. The van der Waals surface area contributed by atoms with Gasteiger partial charge in [-0.25, -0.2) is 10.2 Å². The number of nitrogens with zero attached hydrogens (tertiary/aromatic N) is 4. The third-order valence-electron chi connectivity index (χ3n) is 12.4. The van der Waals surface area contributed by atoms with Crippen molar-refractivity contribution < 1.29 is 43.2 Å². The molecule has 15 nitrogen and oxygen atoms in total. The number of likely N-dealkylation sites (N-methyl/N-ethyl adjacent to an activating group) is 1. The first-order chi connectivity index (χ1) is 30.1. The first kappa shape index (κ1) is 45.5. The maximum atomic E-state index is 14.6. The summed E-state index contributed by atoms with van der Waals surface area (Å²) in [5.41, 5.74) is 9.57. The molecule has 0 unspecified atom stereocenters. The van der Waals surface area contributed by atoms with Crippen molar-refractivity contribution in [1.29, 1.82) is 0 Å². The third kappa shape index (κ3) is 9.85. The number of benzene rings is 2. The van der Waals surface area contributed by atoms with Crippen LogP contribution in [0.4, 0.5) is 4.79 Å². The van der Waals surface area contributed by atoms with Gasteiger partial charge >= 0.3 is 12.1 Å². The molecule has 3 amide bonds. The second-order valence-electron chi connectivity index (χ2n) is 18.2. The van der Waals surface area contributed by atoms with Crippen LogP contribution in [0.15, 0.2) is 54.7 Å². The number of pyridine rings is 1. The molecular formula is C48H62N6O9. The number of carbonyl (C=O) groups is 4. The maximum absolute atomic E-state index is 14.6. The second-order valence-corrected chi connectivity index (χ2v) is 18.2. The summed E-state index contributed by atoms with van der Waals surface area (Å²) < 4.78 is 25.2. The van der Waals surface area contributed by atoms with Crippen molar-refractivity contribution in [2.75, 3.05) is 40.5 Å². The van der Waals surface area contributed by atoms with Crippen LogP contribution in [0.1, 0.15) is 83.7 Å². The van der Waals surface area contributed by atoms with Crippen LogP contribution < -0.4 is 10.7 Å². The van der Waals surface area contributed by atoms with Gasteiger partial charge in [-0.2, -0.15) is 0 Å². The van der Waals surface area contributed by atoms with Crippen LogP contribution in [0.2, 0.25) is 0 Å². The van der Waals surface area contributed by atoms with E-state index < -0.39 is 53.5 Å². The number of aryl methyl sites for hydroxylation is 1. The van der Waals surface area contributed by atoms with E-state index in [0.717, 1.165) is 44.5 Å². The molecule has 2 saturated heterocycles. The standard InChI is InChI=1S/C48H62N6O9/c1-9-53-40-15-14-31-24-36(40)37(43(53)35-12-10-17-49-41(35)29(4)60-8)25-48(5,6)27-62-46(58)38-13-11-18-54(51-38)45(57)39(22-30-20-32(31)23-33(55)21-30)50-44(56)42(28(2)3)52(7)47(59)63-34-16-19-61-26-34/h10,12,14-15,17,20-21,23-24,28-29,34,38-39,42,51,55H,9,11,13,16,18-19,22,25-27H2,1-8H3,(H,50,56)/t29-,34-,38-,39-,42-/m0/s1. The zero-order valence-electron chi connectivity index (χ0n) is 37.7. The number of hydrogen-bond donors (Lipinski definition) is 3. The highest BCUT2D eigenvalue weighted by Crippen LogP contribution is 2.42. The number of ether oxygens (including phenoxy) is 4. The Balaban J connectivity index is 1.33. The van der Waals surface area contributed by atoms with Crippen molar-refractivity contribution in [3.63, 3.8) is 0 Å². The largest absolute Gasteiger partial charge is 0.508 e. The normalized spacial score (nSPS) is 21.4. The average molecular weight is 867 g/mol. The molecule has 4 aromatic rings. The first-order valence-electron chi connectivity index (χ1n) is 22.1. The molecule has 63 heavy (non-hydrogen) atoms. The summed E-state index contributed by atoms with van der Waals surface area (Å²) in [5.74, 6) is -1.85. The van der Waals surface area contributed by atoms with Crippen LogP contribution in [0.3, 0.4) is 0 Å². The Hall–Kier alpha value is -5.51. The van der Waals surface area contributed by atoms with Crippen molar-refractivity contribution in [3.8, 4) is 28.1 Å². The van der Waals surface area contributed by atoms with Crippen LogP contribution in [0.5, 0.6) is 5.75 Å². The molecule has 3 aliphatic heterocycles. The van der Waals surface area contributed by atoms with E-state index in [0.29, 0.717) is 44.4 Å². The zero-order valence-corrected chi connectivity index (χ0v) is 37.7. The van der Waals surface area contributed by atoms with Crippen molar-refractivity contribution in [1.82, 2.24) is 30.2 Å². The summed E-state index contributed by atoms with van der Waals surface area (Å²) in [5, 5.41) is 16.6. The molecule has 0 saturated carbocycles. The van der Waals surface area contributed by atoms with Gasteiger partial charge in [-0.15, -0.1) is 0 Å². The molecule has 0 spiro atoms. The summed E-state index contributed by atoms with van der Waals surface area (Å²) in [7, 11) is 3.18. The predicted molar refractivity (Wildman–Crippen MR) is 237 cm³/mol. The number of phenolic OH excluding ortho intramolecular Hbond substituents is 1. The maximum Gasteiger partial charge on any atom is 0.410 e. The highest BCUT2D eigenvalue weighted by Gasteiger charge is 2.38. The van der Waals surface area contributed by atoms with Crippen molar-refractivity contribution in [3.05, 3.63) is 71.5 Å². The van der Waals surface area contributed by atoms with Gasteiger partial charge in [0.25, 0.3) is 5.91 Å². The molecule has 0 radical (unpaired) electrons. The SMILES string of the molecule is CCn1c(-c2cccnc2[C@H](C)OC)c2c3cc(ccc31)-c1cc(O)cc(c1)C[C@H](NC(=O)[C@H](C(C)C)N(C)C(=O)O[C@H]1CCOC1)C(=O)N1CCC[C@H](N1)C(=O)OCC(C)(C)C2. The number of hydrazine groups is 1. The number of aromatic nitrogens is 2. The van der Waals surface area contributed by atoms with Crippen molar-refractivity contribution in [2.24, 2.45) is 11.3 Å². The zero-order chi connectivity index (χ0) is 45.2. The van der Waals surface area contributed by atoms with Gasteiger partial charge in [0.15, 0.2) is 0 Å². The number of phenols is 1. The van der Waals surface area contributed by atoms with E-state index in [2.05, 4.69) is 54.3 Å². The van der Waals surface area contributed by atoms with Gasteiger partial charge in [0.1, 0.15) is 30.0 Å². The van der Waals surface area contributed by atoms with E-state index in [1.54, 1.807) is 25.4 Å². The van der Waals surface area contributed by atoms with Gasteiger partial charge in [-0.3, -0.25) is 29.3 Å². The number of rotatable bonds is 9. The topological polar surface area (TPSA) is 174 Å². The van der Waals surface area contributed by atoms with E-state index in [4.69, 9.17) is 23.9 Å². The van der Waals surface area contributed by atoms with Crippen LogP contribution in [-0.4, -0.2) is 113 Å². The summed E-state index contributed by atoms with van der Waals surface area (Å²) in [4.78, 5) is 62.1. The average Bonchev–Trinajstić information content (AvgIpc) is 3.89. The molecular weight excluding hydrogens is 805 g/mol. The minimum atomic E-state index is -1.15. The highest BCUT2D eigenvalue weighted by atomic mass is 16.6. The smallest absolute Gasteiger partial charge is 0.410 e. The molecule has 5 atom stereocenters. The number of nitrogens with one attached hydrogen (secondary N) is 2. The van der Waals surface area contributed by atoms with Gasteiger partial charge in [-0.05, 0) is 97.7 Å². The molecule has 6 bridgehead atoms. The van der Waals surface area contributed by atoms with Gasteiger partial charge < -0.3 is 33.9 Å². The lowest BCUT2D eigenvalue weighted by molar-refractivity contribution is -0.155. The fourth-order valence-electron chi connectivity index (χ4n) is 9.19. The van der Waals surface area contributed by atoms with Crippen LogP contribution in [0, 0.1) is 11.3 Å². The second kappa shape index (κ2) is 19.1. The predicted octanol–water partition coefficient (Wildman–Crippen LogP) is 6.33. The molecule has 7 rings (SSSR count). The number of aromatic hydroxyl groups is 1. The Labute approximate surface area is 369 Å². The van der Waals surface area contributed by atoms with Crippen LogP contribution >= 0.6 is 0 Å². The number of fused-ring (bicyclic) bond motifs is 6. The van der Waals surface area contributed by atoms with E-state index >= 15 is 0 Å². The minimum absolute atomic E-state index is 0.00281. The quantitative estimate of drug-likeness (QED) is 0.161. The molecule has 2 aromatic carbocycles. The van der Waals surface area contributed by atoms with Gasteiger partial charge in [-0.1, -0.05) is 39.8 Å². The molecule has 15 heteroatoms. The minimum Gasteiger partial charge on any atom is -0.508 e. The fourth-order valence-corrected chi connectivity index (χ4v) is 9.19. The Morgan fingerprint density at radius 1 is 1.10 bits per heavy atom. The van der Waals surface area contributed by atoms with E-state index in [1.165, 1.54) is 17.0 Å². The highest BCUT2D eigenvalue weighted by molar-refractivity contribution is 5.96. The number of cyclic esters (lactones) is 1. The third-order valence-corrected chi connectivity index (χ3v) is 12.4. The van der Waals surface area contributed by atoms with Crippen molar-refractivity contribution >= 4 is 34.8 Å². The van der Waals surface area contributed by atoms with Crippen LogP contribution in [-0.2, 0) is 52.7 Å². The summed E-state index contributed by atoms with van der Waals surface area (Å²) >= 11 is 0. The summed E-state index contributed by atoms with van der Waals surface area (Å²) in [6.45, 7) is 13.7. The number of hydrogen-bond acceptors (Lipinski definition) is 11. The first-order valence-corrected chi connectivity index (χ1v) is 22.1. The van der Waals surface area contributed by atoms with E-state index in [9.17, 15) is 24.3 Å². The van der Waals surface area contributed by atoms with Gasteiger partial charge in [0, 0.05) is 68.2 Å². The van der Waals surface area contributed by atoms with Gasteiger partial charge in [0.2, 0.25) is 5.91 Å². The number of esters is 1. The Bertz CT molecular complexity index is 2340.